The first-order valence-electron chi connectivity index (χ1n) is 4.21. The quantitative estimate of drug-likeness (QED) is 0.665. The number of thiazole rings is 1. The van der Waals surface area contributed by atoms with E-state index in [0.717, 1.165) is 11.4 Å². The molecule has 1 heterocycles. The highest BCUT2D eigenvalue weighted by Crippen LogP contribution is 2.26. The lowest BCUT2D eigenvalue weighted by molar-refractivity contribution is 0.0612. The molecule has 13 heavy (non-hydrogen) atoms. The predicted octanol–water partition coefficient (Wildman–Crippen LogP) is 0.542. The monoisotopic (exact) mass is 201 g/mol. The number of anilines is 1. The van der Waals surface area contributed by atoms with Gasteiger partial charge in [0.2, 0.25) is 0 Å². The molecule has 0 spiro atoms. The van der Waals surface area contributed by atoms with Gasteiger partial charge < -0.3 is 16.2 Å². The first kappa shape index (κ1) is 10.4. The average molecular weight is 201 g/mol. The van der Waals surface area contributed by atoms with Crippen molar-refractivity contribution in [3.63, 3.8) is 0 Å². The summed E-state index contributed by atoms with van der Waals surface area (Å²) >= 11 is 1.32. The Labute approximate surface area is 81.8 Å². The highest BCUT2D eigenvalue weighted by Gasteiger charge is 2.24. The Morgan fingerprint density at radius 3 is 2.92 bits per heavy atom. The SMILES string of the molecule is CCNCC(C)(O)c1cnc(N)s1. The van der Waals surface area contributed by atoms with E-state index in [0.29, 0.717) is 11.7 Å². The fraction of sp³-hybridized carbons (Fsp3) is 0.625. The second-order valence-corrected chi connectivity index (χ2v) is 4.18. The van der Waals surface area contributed by atoms with E-state index >= 15 is 0 Å². The van der Waals surface area contributed by atoms with E-state index in [1.165, 1.54) is 11.3 Å². The molecule has 5 heteroatoms. The molecule has 4 nitrogen and oxygen atoms in total. The fourth-order valence-electron chi connectivity index (χ4n) is 0.992. The summed E-state index contributed by atoms with van der Waals surface area (Å²) in [7, 11) is 0. The van der Waals surface area contributed by atoms with E-state index in [9.17, 15) is 5.11 Å². The number of rotatable bonds is 4. The molecule has 1 unspecified atom stereocenters. The normalized spacial score (nSPS) is 15.6. The van der Waals surface area contributed by atoms with E-state index in [1.54, 1.807) is 13.1 Å². The molecular weight excluding hydrogens is 186 g/mol. The van der Waals surface area contributed by atoms with Gasteiger partial charge in [-0.2, -0.15) is 0 Å². The van der Waals surface area contributed by atoms with Crippen molar-refractivity contribution >= 4 is 16.5 Å². The van der Waals surface area contributed by atoms with Crippen LogP contribution in [0.2, 0.25) is 0 Å². The Morgan fingerprint density at radius 1 is 1.77 bits per heavy atom. The van der Waals surface area contributed by atoms with Crippen molar-refractivity contribution in [3.05, 3.63) is 11.1 Å². The third-order valence-electron chi connectivity index (χ3n) is 1.77. The lowest BCUT2D eigenvalue weighted by atomic mass is 10.1. The number of hydrogen-bond acceptors (Lipinski definition) is 5. The van der Waals surface area contributed by atoms with Gasteiger partial charge in [0.25, 0.3) is 0 Å². The van der Waals surface area contributed by atoms with Crippen LogP contribution in [0.4, 0.5) is 5.13 Å². The number of hydrogen-bond donors (Lipinski definition) is 3. The molecule has 0 aliphatic carbocycles. The smallest absolute Gasteiger partial charge is 0.180 e. The zero-order chi connectivity index (χ0) is 9.90. The zero-order valence-corrected chi connectivity index (χ0v) is 8.69. The highest BCUT2D eigenvalue weighted by atomic mass is 32.1. The number of nitrogens with two attached hydrogens (primary N) is 1. The summed E-state index contributed by atoms with van der Waals surface area (Å²) < 4.78 is 0. The molecule has 0 saturated heterocycles. The van der Waals surface area contributed by atoms with Crippen molar-refractivity contribution in [1.82, 2.24) is 10.3 Å². The predicted molar refractivity (Wildman–Crippen MR) is 54.6 cm³/mol. The van der Waals surface area contributed by atoms with Crippen LogP contribution in [0, 0.1) is 0 Å². The first-order chi connectivity index (χ1) is 6.06. The van der Waals surface area contributed by atoms with Crippen LogP contribution in [0.5, 0.6) is 0 Å². The van der Waals surface area contributed by atoms with Crippen molar-refractivity contribution in [2.45, 2.75) is 19.4 Å². The summed E-state index contributed by atoms with van der Waals surface area (Å²) in [6, 6.07) is 0. The maximum atomic E-state index is 9.98. The Morgan fingerprint density at radius 2 is 2.46 bits per heavy atom. The van der Waals surface area contributed by atoms with E-state index < -0.39 is 5.60 Å². The number of aliphatic hydroxyl groups is 1. The van der Waals surface area contributed by atoms with Gasteiger partial charge in [-0.3, -0.25) is 0 Å². The topological polar surface area (TPSA) is 71.2 Å². The molecule has 1 rings (SSSR count). The van der Waals surface area contributed by atoms with E-state index in [2.05, 4.69) is 10.3 Å². The van der Waals surface area contributed by atoms with Crippen LogP contribution >= 0.6 is 11.3 Å². The number of nitrogen functional groups attached to an aromatic ring is 1. The van der Waals surface area contributed by atoms with Gasteiger partial charge in [0.15, 0.2) is 5.13 Å². The fourth-order valence-corrected chi connectivity index (χ4v) is 1.72. The van der Waals surface area contributed by atoms with Crippen molar-refractivity contribution in [1.29, 1.82) is 0 Å². The molecule has 1 atom stereocenters. The second kappa shape index (κ2) is 4.04. The van der Waals surface area contributed by atoms with E-state index in [-0.39, 0.29) is 0 Å². The molecule has 4 N–H and O–H groups in total. The van der Waals surface area contributed by atoms with Crippen LogP contribution in [0.15, 0.2) is 6.20 Å². The molecule has 0 aromatic carbocycles. The van der Waals surface area contributed by atoms with Gasteiger partial charge in [-0.25, -0.2) is 4.98 Å². The van der Waals surface area contributed by atoms with Crippen LogP contribution in [0.25, 0.3) is 0 Å². The van der Waals surface area contributed by atoms with Crippen LogP contribution in [-0.2, 0) is 5.60 Å². The zero-order valence-electron chi connectivity index (χ0n) is 7.87. The summed E-state index contributed by atoms with van der Waals surface area (Å²) in [6.07, 6.45) is 1.62. The Balaban J connectivity index is 2.68. The van der Waals surface area contributed by atoms with E-state index in [1.807, 2.05) is 6.92 Å². The molecule has 0 aliphatic rings. The van der Waals surface area contributed by atoms with Crippen LogP contribution < -0.4 is 11.1 Å². The Kier molecular flexibility index (Phi) is 3.24. The summed E-state index contributed by atoms with van der Waals surface area (Å²) in [6.45, 7) is 5.11. The second-order valence-electron chi connectivity index (χ2n) is 3.12. The van der Waals surface area contributed by atoms with Crippen LogP contribution in [0.1, 0.15) is 18.7 Å². The minimum Gasteiger partial charge on any atom is -0.383 e. The Hall–Kier alpha value is -0.650. The summed E-state index contributed by atoms with van der Waals surface area (Å²) in [5.41, 5.74) is 4.61. The first-order valence-corrected chi connectivity index (χ1v) is 5.03. The van der Waals surface area contributed by atoms with Crippen molar-refractivity contribution in [3.8, 4) is 0 Å². The number of nitrogens with zero attached hydrogens (tertiary/aromatic N) is 1. The minimum absolute atomic E-state index is 0.492. The molecule has 74 valence electrons. The third-order valence-corrected chi connectivity index (χ3v) is 2.85. The molecule has 0 fully saturated rings. The molecular formula is C8H15N3OS. The lowest BCUT2D eigenvalue weighted by Gasteiger charge is -2.21. The van der Waals surface area contributed by atoms with Crippen molar-refractivity contribution in [2.24, 2.45) is 0 Å². The van der Waals surface area contributed by atoms with E-state index in [4.69, 9.17) is 5.73 Å². The van der Waals surface area contributed by atoms with Gasteiger partial charge in [0.05, 0.1) is 4.88 Å². The van der Waals surface area contributed by atoms with Crippen LogP contribution in [0.3, 0.4) is 0 Å². The van der Waals surface area contributed by atoms with Gasteiger partial charge >= 0.3 is 0 Å². The van der Waals surface area contributed by atoms with Gasteiger partial charge in [0.1, 0.15) is 5.60 Å². The minimum atomic E-state index is -0.870. The average Bonchev–Trinajstić information content (AvgIpc) is 2.49. The lowest BCUT2D eigenvalue weighted by Crippen LogP contribution is -2.34. The largest absolute Gasteiger partial charge is 0.383 e. The van der Waals surface area contributed by atoms with Crippen LogP contribution in [-0.4, -0.2) is 23.2 Å². The number of likely N-dealkylation sites (N-methyl/N-ethyl adjacent to an activating group) is 1. The summed E-state index contributed by atoms with van der Waals surface area (Å²) in [5.74, 6) is 0. The molecule has 0 aliphatic heterocycles. The van der Waals surface area contributed by atoms with Gasteiger partial charge in [-0.05, 0) is 13.5 Å². The van der Waals surface area contributed by atoms with Gasteiger partial charge in [-0.1, -0.05) is 18.3 Å². The molecule has 0 radical (unpaired) electrons. The molecule has 0 amide bonds. The molecule has 0 saturated carbocycles. The van der Waals surface area contributed by atoms with Crippen molar-refractivity contribution < 1.29 is 5.11 Å². The highest BCUT2D eigenvalue weighted by molar-refractivity contribution is 7.15. The molecule has 1 aromatic rings. The van der Waals surface area contributed by atoms with Gasteiger partial charge in [0, 0.05) is 12.7 Å². The van der Waals surface area contributed by atoms with Gasteiger partial charge in [-0.15, -0.1) is 0 Å². The maximum absolute atomic E-state index is 9.98. The number of aromatic nitrogens is 1. The summed E-state index contributed by atoms with van der Waals surface area (Å²) in [4.78, 5) is 4.70. The molecule has 1 aromatic heterocycles. The Bertz CT molecular complexity index is 272. The summed E-state index contributed by atoms with van der Waals surface area (Å²) in [5, 5.41) is 13.6. The third kappa shape index (κ3) is 2.65. The van der Waals surface area contributed by atoms with Crippen molar-refractivity contribution in [2.75, 3.05) is 18.8 Å². The number of nitrogens with one attached hydrogen (secondary N) is 1. The molecule has 0 bridgehead atoms. The maximum Gasteiger partial charge on any atom is 0.180 e. The standard InChI is InChI=1S/C8H15N3OS/c1-3-10-5-8(2,12)6-4-11-7(9)13-6/h4,10,12H,3,5H2,1-2H3,(H2,9,11).